The molecular formula is C11H12N2OS. The Balaban J connectivity index is 2.36. The van der Waals surface area contributed by atoms with Crippen molar-refractivity contribution in [3.63, 3.8) is 0 Å². The van der Waals surface area contributed by atoms with Crippen LogP contribution in [0.3, 0.4) is 0 Å². The summed E-state index contributed by atoms with van der Waals surface area (Å²) >= 11 is 1.53. The summed E-state index contributed by atoms with van der Waals surface area (Å²) in [5.74, 6) is 0. The minimum Gasteiger partial charge on any atom is -0.383 e. The lowest BCUT2D eigenvalue weighted by Gasteiger charge is -2.08. The van der Waals surface area contributed by atoms with Crippen molar-refractivity contribution in [1.82, 2.24) is 9.97 Å². The molecule has 0 fully saturated rings. The zero-order valence-corrected chi connectivity index (χ0v) is 9.45. The van der Waals surface area contributed by atoms with E-state index in [1.165, 1.54) is 11.3 Å². The van der Waals surface area contributed by atoms with Crippen LogP contribution in [0.1, 0.15) is 27.2 Å². The molecule has 1 N–H and O–H groups in total. The van der Waals surface area contributed by atoms with Gasteiger partial charge in [0.05, 0.1) is 15.6 Å². The van der Waals surface area contributed by atoms with Gasteiger partial charge in [-0.25, -0.2) is 4.98 Å². The average molecular weight is 220 g/mol. The highest BCUT2D eigenvalue weighted by atomic mass is 32.1. The molecule has 78 valence electrons. The van der Waals surface area contributed by atoms with Gasteiger partial charge in [-0.3, -0.25) is 4.98 Å². The van der Waals surface area contributed by atoms with Crippen LogP contribution >= 0.6 is 11.3 Å². The van der Waals surface area contributed by atoms with E-state index in [4.69, 9.17) is 0 Å². The van der Waals surface area contributed by atoms with Gasteiger partial charge < -0.3 is 5.11 Å². The highest BCUT2D eigenvalue weighted by Gasteiger charge is 2.16. The fourth-order valence-electron chi connectivity index (χ4n) is 1.49. The van der Waals surface area contributed by atoms with Crippen molar-refractivity contribution < 1.29 is 5.11 Å². The number of thiazole rings is 1. The number of hydrogen-bond donors (Lipinski definition) is 1. The van der Waals surface area contributed by atoms with Crippen LogP contribution in [-0.4, -0.2) is 15.1 Å². The second-order valence-electron chi connectivity index (χ2n) is 3.37. The van der Waals surface area contributed by atoms with E-state index in [1.807, 2.05) is 26.0 Å². The predicted octanol–water partition coefficient (Wildman–Crippen LogP) is 2.24. The molecule has 0 saturated heterocycles. The van der Waals surface area contributed by atoms with E-state index < -0.39 is 6.10 Å². The standard InChI is InChI=1S/C11H12N2OS/c1-7-11(15-8(2)13-7)10(14)9-4-3-5-12-6-9/h3-6,10,14H,1-2H3. The summed E-state index contributed by atoms with van der Waals surface area (Å²) in [5.41, 5.74) is 1.71. The van der Waals surface area contributed by atoms with Gasteiger partial charge in [-0.15, -0.1) is 11.3 Å². The van der Waals surface area contributed by atoms with Gasteiger partial charge in [0.25, 0.3) is 0 Å². The summed E-state index contributed by atoms with van der Waals surface area (Å²) in [4.78, 5) is 9.19. The molecule has 2 rings (SSSR count). The molecule has 3 nitrogen and oxygen atoms in total. The van der Waals surface area contributed by atoms with Crippen LogP contribution in [-0.2, 0) is 0 Å². The minimum atomic E-state index is -0.607. The molecule has 0 aliphatic carbocycles. The monoisotopic (exact) mass is 220 g/mol. The van der Waals surface area contributed by atoms with Gasteiger partial charge in [0.1, 0.15) is 6.10 Å². The molecule has 4 heteroatoms. The third-order valence-corrected chi connectivity index (χ3v) is 3.31. The number of aryl methyl sites for hydroxylation is 2. The number of aliphatic hydroxyl groups excluding tert-OH is 1. The van der Waals surface area contributed by atoms with Crippen molar-refractivity contribution in [2.45, 2.75) is 20.0 Å². The lowest BCUT2D eigenvalue weighted by molar-refractivity contribution is 0.222. The van der Waals surface area contributed by atoms with Gasteiger partial charge in [0.2, 0.25) is 0 Å². The van der Waals surface area contributed by atoms with E-state index in [9.17, 15) is 5.11 Å². The first-order chi connectivity index (χ1) is 7.18. The number of aromatic nitrogens is 2. The van der Waals surface area contributed by atoms with Crippen LogP contribution in [0.5, 0.6) is 0 Å². The number of pyridine rings is 1. The van der Waals surface area contributed by atoms with E-state index in [2.05, 4.69) is 9.97 Å². The van der Waals surface area contributed by atoms with Crippen molar-refractivity contribution in [3.8, 4) is 0 Å². The molecule has 2 aromatic rings. The Kier molecular flexibility index (Phi) is 2.79. The normalized spacial score (nSPS) is 12.7. The van der Waals surface area contributed by atoms with Gasteiger partial charge >= 0.3 is 0 Å². The van der Waals surface area contributed by atoms with Crippen LogP contribution in [0.4, 0.5) is 0 Å². The van der Waals surface area contributed by atoms with Crippen molar-refractivity contribution >= 4 is 11.3 Å². The topological polar surface area (TPSA) is 46.0 Å². The van der Waals surface area contributed by atoms with Crippen molar-refractivity contribution in [2.24, 2.45) is 0 Å². The molecule has 0 aliphatic rings. The van der Waals surface area contributed by atoms with E-state index in [0.717, 1.165) is 21.1 Å². The van der Waals surface area contributed by atoms with Gasteiger partial charge in [-0.05, 0) is 19.9 Å². The van der Waals surface area contributed by atoms with Crippen molar-refractivity contribution in [2.75, 3.05) is 0 Å². The summed E-state index contributed by atoms with van der Waals surface area (Å²) in [6.45, 7) is 3.86. The fourth-order valence-corrected chi connectivity index (χ4v) is 2.43. The molecule has 15 heavy (non-hydrogen) atoms. The maximum atomic E-state index is 10.1. The first kappa shape index (κ1) is 10.3. The van der Waals surface area contributed by atoms with E-state index in [0.29, 0.717) is 0 Å². The van der Waals surface area contributed by atoms with E-state index >= 15 is 0 Å². The van der Waals surface area contributed by atoms with Gasteiger partial charge in [0.15, 0.2) is 0 Å². The smallest absolute Gasteiger partial charge is 0.117 e. The van der Waals surface area contributed by atoms with E-state index in [-0.39, 0.29) is 0 Å². The second kappa shape index (κ2) is 4.08. The van der Waals surface area contributed by atoms with Gasteiger partial charge in [0, 0.05) is 18.0 Å². The molecule has 1 atom stereocenters. The second-order valence-corrected chi connectivity index (χ2v) is 4.61. The summed E-state index contributed by atoms with van der Waals surface area (Å²) in [5, 5.41) is 11.1. The number of aliphatic hydroxyl groups is 1. The van der Waals surface area contributed by atoms with E-state index in [1.54, 1.807) is 12.4 Å². The quantitative estimate of drug-likeness (QED) is 0.844. The molecule has 0 amide bonds. The van der Waals surface area contributed by atoms with Crippen molar-refractivity contribution in [3.05, 3.63) is 45.7 Å². The zero-order chi connectivity index (χ0) is 10.8. The molecular weight excluding hydrogens is 208 g/mol. The Bertz CT molecular complexity index is 453. The lowest BCUT2D eigenvalue weighted by Crippen LogP contribution is -1.99. The predicted molar refractivity (Wildman–Crippen MR) is 59.9 cm³/mol. The van der Waals surface area contributed by atoms with Gasteiger partial charge in [-0.1, -0.05) is 6.07 Å². The third kappa shape index (κ3) is 2.06. The molecule has 0 radical (unpaired) electrons. The molecule has 1 unspecified atom stereocenters. The Morgan fingerprint density at radius 1 is 1.40 bits per heavy atom. The SMILES string of the molecule is Cc1nc(C)c(C(O)c2cccnc2)s1. The van der Waals surface area contributed by atoms with Crippen LogP contribution < -0.4 is 0 Å². The number of hydrogen-bond acceptors (Lipinski definition) is 4. The maximum absolute atomic E-state index is 10.1. The molecule has 2 heterocycles. The average Bonchev–Trinajstić information content (AvgIpc) is 2.58. The van der Waals surface area contributed by atoms with Crippen LogP contribution in [0.15, 0.2) is 24.5 Å². The highest BCUT2D eigenvalue weighted by molar-refractivity contribution is 7.11. The van der Waals surface area contributed by atoms with Crippen LogP contribution in [0, 0.1) is 13.8 Å². The first-order valence-electron chi connectivity index (χ1n) is 4.70. The Morgan fingerprint density at radius 3 is 2.73 bits per heavy atom. The largest absolute Gasteiger partial charge is 0.383 e. The fraction of sp³-hybridized carbons (Fsp3) is 0.273. The molecule has 0 saturated carbocycles. The number of nitrogens with zero attached hydrogens (tertiary/aromatic N) is 2. The molecule has 0 spiro atoms. The summed E-state index contributed by atoms with van der Waals surface area (Å²) in [6.07, 6.45) is 2.77. The Hall–Kier alpha value is -1.26. The maximum Gasteiger partial charge on any atom is 0.117 e. The molecule has 0 bridgehead atoms. The minimum absolute atomic E-state index is 0.607. The van der Waals surface area contributed by atoms with Crippen molar-refractivity contribution in [1.29, 1.82) is 0 Å². The lowest BCUT2D eigenvalue weighted by atomic mass is 10.1. The number of rotatable bonds is 2. The summed E-state index contributed by atoms with van der Waals surface area (Å²) in [6, 6.07) is 3.69. The summed E-state index contributed by atoms with van der Waals surface area (Å²) < 4.78 is 0. The first-order valence-corrected chi connectivity index (χ1v) is 5.52. The Labute approximate surface area is 92.5 Å². The molecule has 0 aliphatic heterocycles. The molecule has 2 aromatic heterocycles. The van der Waals surface area contributed by atoms with Crippen LogP contribution in [0.2, 0.25) is 0 Å². The highest BCUT2D eigenvalue weighted by Crippen LogP contribution is 2.29. The zero-order valence-electron chi connectivity index (χ0n) is 8.64. The van der Waals surface area contributed by atoms with Gasteiger partial charge in [-0.2, -0.15) is 0 Å². The third-order valence-electron chi connectivity index (χ3n) is 2.19. The summed E-state index contributed by atoms with van der Waals surface area (Å²) in [7, 11) is 0. The Morgan fingerprint density at radius 2 is 2.20 bits per heavy atom. The molecule has 0 aromatic carbocycles. The van der Waals surface area contributed by atoms with Crippen LogP contribution in [0.25, 0.3) is 0 Å².